The smallest absolute Gasteiger partial charge is 0.323 e. The predicted octanol–water partition coefficient (Wildman–Crippen LogP) is 1.58. The molecule has 0 N–H and O–H groups in total. The summed E-state index contributed by atoms with van der Waals surface area (Å²) in [5.41, 5.74) is -0.171. The number of nitro groups is 1. The van der Waals surface area contributed by atoms with Crippen molar-refractivity contribution in [1.29, 1.82) is 0 Å². The van der Waals surface area contributed by atoms with Crippen molar-refractivity contribution in [3.8, 4) is 5.06 Å². The van der Waals surface area contributed by atoms with E-state index in [9.17, 15) is 14.9 Å². The summed E-state index contributed by atoms with van der Waals surface area (Å²) >= 11 is 1.02. The first kappa shape index (κ1) is 8.66. The van der Waals surface area contributed by atoms with E-state index in [-0.39, 0.29) is 10.8 Å². The van der Waals surface area contributed by atoms with Crippen molar-refractivity contribution in [3.63, 3.8) is 0 Å². The van der Waals surface area contributed by atoms with Crippen LogP contribution in [0.15, 0.2) is 11.4 Å². The van der Waals surface area contributed by atoms with Gasteiger partial charge in [-0.05, 0) is 0 Å². The van der Waals surface area contributed by atoms with E-state index in [4.69, 9.17) is 0 Å². The largest absolute Gasteiger partial charge is 0.408 e. The van der Waals surface area contributed by atoms with E-state index < -0.39 is 10.9 Å². The van der Waals surface area contributed by atoms with E-state index in [1.54, 1.807) is 0 Å². The Morgan fingerprint density at radius 1 is 1.75 bits per heavy atom. The monoisotopic (exact) mass is 187 g/mol. The Morgan fingerprint density at radius 3 is 2.92 bits per heavy atom. The number of rotatable bonds is 2. The first-order valence-corrected chi connectivity index (χ1v) is 3.89. The van der Waals surface area contributed by atoms with Gasteiger partial charge < -0.3 is 4.74 Å². The highest BCUT2D eigenvalue weighted by atomic mass is 32.1. The van der Waals surface area contributed by atoms with Gasteiger partial charge >= 0.3 is 11.7 Å². The van der Waals surface area contributed by atoms with Crippen LogP contribution in [0.5, 0.6) is 5.06 Å². The fraction of sp³-hybridized carbons (Fsp3) is 0.167. The molecule has 0 saturated heterocycles. The SMILES string of the molecule is CC(=O)Oc1sccc1[N+](=O)[O-]. The van der Waals surface area contributed by atoms with Crippen molar-refractivity contribution in [2.45, 2.75) is 6.92 Å². The standard InChI is InChI=1S/C6H5NO4S/c1-4(8)11-6-5(7(9)10)2-3-12-6/h2-3H,1H3. The van der Waals surface area contributed by atoms with Gasteiger partial charge in [0.1, 0.15) is 0 Å². The summed E-state index contributed by atoms with van der Waals surface area (Å²) in [6, 6.07) is 1.29. The molecule has 64 valence electrons. The Hall–Kier alpha value is -1.43. The van der Waals surface area contributed by atoms with Gasteiger partial charge in [0.25, 0.3) is 5.06 Å². The van der Waals surface area contributed by atoms with Crippen LogP contribution >= 0.6 is 11.3 Å². The molecule has 5 nitrogen and oxygen atoms in total. The topological polar surface area (TPSA) is 69.4 Å². The van der Waals surface area contributed by atoms with Gasteiger partial charge in [0.15, 0.2) is 0 Å². The van der Waals surface area contributed by atoms with Crippen LogP contribution in [0, 0.1) is 10.1 Å². The van der Waals surface area contributed by atoms with Crippen LogP contribution < -0.4 is 4.74 Å². The van der Waals surface area contributed by atoms with Crippen molar-refractivity contribution < 1.29 is 14.5 Å². The van der Waals surface area contributed by atoms with E-state index in [1.807, 2.05) is 0 Å². The fourth-order valence-electron chi connectivity index (χ4n) is 0.631. The number of thiophene rings is 1. The zero-order valence-corrected chi connectivity index (χ0v) is 6.96. The van der Waals surface area contributed by atoms with Crippen LogP contribution in [0.25, 0.3) is 0 Å². The van der Waals surface area contributed by atoms with Crippen LogP contribution in [0.3, 0.4) is 0 Å². The third-order valence-corrected chi connectivity index (χ3v) is 1.82. The molecule has 0 saturated carbocycles. The van der Waals surface area contributed by atoms with Gasteiger partial charge in [-0.3, -0.25) is 14.9 Å². The van der Waals surface area contributed by atoms with Gasteiger partial charge in [-0.25, -0.2) is 0 Å². The molecule has 0 aliphatic rings. The van der Waals surface area contributed by atoms with Crippen LogP contribution in [0.4, 0.5) is 5.69 Å². The minimum atomic E-state index is -0.589. The number of hydrogen-bond acceptors (Lipinski definition) is 5. The van der Waals surface area contributed by atoms with Crippen LogP contribution in [0.2, 0.25) is 0 Å². The number of esters is 1. The molecule has 12 heavy (non-hydrogen) atoms. The zero-order valence-electron chi connectivity index (χ0n) is 6.14. The zero-order chi connectivity index (χ0) is 9.14. The molecule has 0 aliphatic carbocycles. The first-order chi connectivity index (χ1) is 5.61. The molecular formula is C6H5NO4S. The molecule has 1 heterocycles. The molecule has 0 radical (unpaired) electrons. The number of ether oxygens (including phenoxy) is 1. The lowest BCUT2D eigenvalue weighted by molar-refractivity contribution is -0.385. The summed E-state index contributed by atoms with van der Waals surface area (Å²) in [5, 5.41) is 11.8. The van der Waals surface area contributed by atoms with Gasteiger partial charge in [0.05, 0.1) is 4.92 Å². The molecule has 0 spiro atoms. The fourth-order valence-corrected chi connectivity index (χ4v) is 1.38. The Labute approximate surface area is 71.7 Å². The molecule has 0 fully saturated rings. The highest BCUT2D eigenvalue weighted by Crippen LogP contribution is 2.32. The van der Waals surface area contributed by atoms with Gasteiger partial charge in [0, 0.05) is 18.4 Å². The van der Waals surface area contributed by atoms with Gasteiger partial charge in [-0.2, -0.15) is 0 Å². The summed E-state index contributed by atoms with van der Waals surface area (Å²) in [4.78, 5) is 20.1. The molecule has 0 aliphatic heterocycles. The Bertz CT molecular complexity index is 319. The Balaban J connectivity index is 2.91. The summed E-state index contributed by atoms with van der Waals surface area (Å²) in [5.74, 6) is -0.555. The second-order valence-electron chi connectivity index (χ2n) is 1.94. The summed E-state index contributed by atoms with van der Waals surface area (Å²) in [6.45, 7) is 1.20. The normalized spacial score (nSPS) is 9.42. The predicted molar refractivity (Wildman–Crippen MR) is 42.3 cm³/mol. The molecule has 0 amide bonds. The first-order valence-electron chi connectivity index (χ1n) is 3.01. The molecule has 1 rings (SSSR count). The van der Waals surface area contributed by atoms with Crippen LogP contribution in [0.1, 0.15) is 6.92 Å². The third-order valence-electron chi connectivity index (χ3n) is 1.04. The van der Waals surface area contributed by atoms with Crippen molar-refractivity contribution >= 4 is 23.0 Å². The van der Waals surface area contributed by atoms with E-state index in [0.29, 0.717) is 0 Å². The highest BCUT2D eigenvalue weighted by molar-refractivity contribution is 7.12. The average Bonchev–Trinajstić information content (AvgIpc) is 2.33. The second kappa shape index (κ2) is 3.31. The molecule has 1 aromatic rings. The van der Waals surface area contributed by atoms with Crippen molar-refractivity contribution in [2.24, 2.45) is 0 Å². The summed E-state index contributed by atoms with van der Waals surface area (Å²) in [7, 11) is 0. The van der Waals surface area contributed by atoms with Crippen molar-refractivity contribution in [2.75, 3.05) is 0 Å². The number of carbonyl (C=O) groups excluding carboxylic acids is 1. The summed E-state index contributed by atoms with van der Waals surface area (Å²) in [6.07, 6.45) is 0. The molecule has 6 heteroatoms. The maximum absolute atomic E-state index is 10.4. The Morgan fingerprint density at radius 2 is 2.42 bits per heavy atom. The maximum Gasteiger partial charge on any atom is 0.323 e. The van der Waals surface area contributed by atoms with E-state index in [1.165, 1.54) is 18.4 Å². The molecule has 1 aromatic heterocycles. The minimum Gasteiger partial charge on any atom is -0.408 e. The average molecular weight is 187 g/mol. The van der Waals surface area contributed by atoms with Gasteiger partial charge in [0.2, 0.25) is 0 Å². The maximum atomic E-state index is 10.4. The molecule has 0 unspecified atom stereocenters. The van der Waals surface area contributed by atoms with E-state index >= 15 is 0 Å². The van der Waals surface area contributed by atoms with Gasteiger partial charge in [-0.15, -0.1) is 0 Å². The number of nitrogens with zero attached hydrogens (tertiary/aromatic N) is 1. The van der Waals surface area contributed by atoms with Crippen molar-refractivity contribution in [3.05, 3.63) is 21.6 Å². The highest BCUT2D eigenvalue weighted by Gasteiger charge is 2.17. The lowest BCUT2D eigenvalue weighted by Gasteiger charge is -1.94. The lowest BCUT2D eigenvalue weighted by atomic mass is 10.5. The van der Waals surface area contributed by atoms with Gasteiger partial charge in [-0.1, -0.05) is 11.3 Å². The quantitative estimate of drug-likeness (QED) is 0.400. The Kier molecular flexibility index (Phi) is 2.39. The minimum absolute atomic E-state index is 0.0347. The number of hydrogen-bond donors (Lipinski definition) is 0. The van der Waals surface area contributed by atoms with Crippen molar-refractivity contribution in [1.82, 2.24) is 0 Å². The second-order valence-corrected chi connectivity index (χ2v) is 2.82. The van der Waals surface area contributed by atoms with Crippen LogP contribution in [-0.4, -0.2) is 10.9 Å². The third kappa shape index (κ3) is 1.79. The summed E-state index contributed by atoms with van der Waals surface area (Å²) < 4.78 is 4.58. The van der Waals surface area contributed by atoms with E-state index in [2.05, 4.69) is 4.74 Å². The van der Waals surface area contributed by atoms with E-state index in [0.717, 1.165) is 11.3 Å². The molecule has 0 bridgehead atoms. The molecule has 0 aromatic carbocycles. The number of carbonyl (C=O) groups is 1. The molecule has 0 atom stereocenters. The lowest BCUT2D eigenvalue weighted by Crippen LogP contribution is -2.01. The van der Waals surface area contributed by atoms with Crippen LogP contribution in [-0.2, 0) is 4.79 Å². The molecular weight excluding hydrogens is 182 g/mol.